The van der Waals surface area contributed by atoms with Gasteiger partial charge in [-0.15, -0.1) is 0 Å². The fourth-order valence-electron chi connectivity index (χ4n) is 1.91. The van der Waals surface area contributed by atoms with E-state index in [1.54, 1.807) is 13.8 Å². The normalized spacial score (nSPS) is 28.6. The van der Waals surface area contributed by atoms with Gasteiger partial charge in [0.25, 0.3) is 0 Å². The number of hydrogen-bond donors (Lipinski definition) is 1. The molecule has 0 heterocycles. The molecule has 4 heteroatoms. The number of sulfonamides is 1. The van der Waals surface area contributed by atoms with E-state index < -0.39 is 10.0 Å². The first-order chi connectivity index (χ1) is 6.42. The minimum Gasteiger partial charge on any atom is -0.215 e. The monoisotopic (exact) mass is 219 g/mol. The van der Waals surface area contributed by atoms with E-state index in [9.17, 15) is 8.42 Å². The highest BCUT2D eigenvalue weighted by atomic mass is 32.2. The van der Waals surface area contributed by atoms with Crippen molar-refractivity contribution < 1.29 is 8.42 Å². The van der Waals surface area contributed by atoms with Crippen molar-refractivity contribution in [3.8, 4) is 0 Å². The molecule has 0 bridgehead atoms. The van der Waals surface area contributed by atoms with Gasteiger partial charge in [0.2, 0.25) is 10.0 Å². The van der Waals surface area contributed by atoms with Gasteiger partial charge in [-0.3, -0.25) is 0 Å². The van der Waals surface area contributed by atoms with Crippen LogP contribution < -0.4 is 4.72 Å². The lowest BCUT2D eigenvalue weighted by Gasteiger charge is -2.13. The Balaban J connectivity index is 2.34. The highest BCUT2D eigenvalue weighted by Gasteiger charge is 2.23. The first-order valence-electron chi connectivity index (χ1n) is 5.40. The van der Waals surface area contributed by atoms with Crippen molar-refractivity contribution in [2.24, 2.45) is 11.8 Å². The minimum absolute atomic E-state index is 0.318. The van der Waals surface area contributed by atoms with Gasteiger partial charge in [0.15, 0.2) is 0 Å². The van der Waals surface area contributed by atoms with E-state index in [4.69, 9.17) is 0 Å². The molecule has 0 amide bonds. The lowest BCUT2D eigenvalue weighted by molar-refractivity contribution is 0.496. The van der Waals surface area contributed by atoms with E-state index in [0.717, 1.165) is 5.92 Å². The Morgan fingerprint density at radius 1 is 1.36 bits per heavy atom. The first-order valence-corrected chi connectivity index (χ1v) is 6.95. The molecule has 1 N–H and O–H groups in total. The predicted molar refractivity (Wildman–Crippen MR) is 58.6 cm³/mol. The molecule has 0 aliphatic heterocycles. The highest BCUT2D eigenvalue weighted by molar-refractivity contribution is 7.90. The van der Waals surface area contributed by atoms with Crippen molar-refractivity contribution in [3.63, 3.8) is 0 Å². The van der Waals surface area contributed by atoms with Gasteiger partial charge in [-0.2, -0.15) is 0 Å². The molecule has 2 unspecified atom stereocenters. The summed E-state index contributed by atoms with van der Waals surface area (Å²) >= 11 is 0. The summed E-state index contributed by atoms with van der Waals surface area (Å²) in [6, 6.07) is 0. The van der Waals surface area contributed by atoms with Gasteiger partial charge < -0.3 is 0 Å². The smallest absolute Gasteiger partial charge is 0.213 e. The Morgan fingerprint density at radius 2 is 2.00 bits per heavy atom. The van der Waals surface area contributed by atoms with Crippen molar-refractivity contribution in [2.45, 2.75) is 45.3 Å². The molecule has 0 spiro atoms. The average molecular weight is 219 g/mol. The topological polar surface area (TPSA) is 46.2 Å². The second kappa shape index (κ2) is 4.62. The van der Waals surface area contributed by atoms with Gasteiger partial charge in [0, 0.05) is 6.54 Å². The second-order valence-corrected chi connectivity index (χ2v) is 7.05. The van der Waals surface area contributed by atoms with E-state index in [0.29, 0.717) is 12.5 Å². The predicted octanol–water partition coefficient (Wildman–Crippen LogP) is 1.75. The van der Waals surface area contributed by atoms with Crippen LogP contribution in [-0.2, 0) is 10.0 Å². The van der Waals surface area contributed by atoms with Gasteiger partial charge in [0.1, 0.15) is 0 Å². The first kappa shape index (κ1) is 12.0. The lowest BCUT2D eigenvalue weighted by atomic mass is 10.1. The zero-order valence-corrected chi connectivity index (χ0v) is 10.1. The third-order valence-corrected chi connectivity index (χ3v) is 4.81. The summed E-state index contributed by atoms with van der Waals surface area (Å²) < 4.78 is 25.6. The summed E-state index contributed by atoms with van der Waals surface area (Å²) in [4.78, 5) is 0. The zero-order valence-electron chi connectivity index (χ0n) is 9.29. The summed E-state index contributed by atoms with van der Waals surface area (Å²) in [5.41, 5.74) is 0. The minimum atomic E-state index is -3.05. The van der Waals surface area contributed by atoms with Crippen LogP contribution in [0, 0.1) is 11.8 Å². The molecule has 14 heavy (non-hydrogen) atoms. The molecular formula is C10H21NO2S. The number of nitrogens with one attached hydrogen (secondary N) is 1. The van der Waals surface area contributed by atoms with Gasteiger partial charge in [-0.05, 0) is 38.5 Å². The molecule has 3 nitrogen and oxygen atoms in total. The largest absolute Gasteiger partial charge is 0.215 e. The standard InChI is InChI=1S/C10H21NO2S/c1-8(2)14(12,13)11-7-10-5-4-9(3)6-10/h8-11H,4-7H2,1-3H3. The molecule has 0 saturated heterocycles. The molecule has 1 fully saturated rings. The fourth-order valence-corrected chi connectivity index (χ4v) is 2.71. The number of rotatable bonds is 4. The van der Waals surface area contributed by atoms with Crippen LogP contribution in [0.3, 0.4) is 0 Å². The summed E-state index contributed by atoms with van der Waals surface area (Å²) in [5, 5.41) is -0.318. The lowest BCUT2D eigenvalue weighted by Crippen LogP contribution is -2.34. The van der Waals surface area contributed by atoms with E-state index in [-0.39, 0.29) is 5.25 Å². The molecule has 84 valence electrons. The molecule has 0 aromatic rings. The molecule has 1 aliphatic carbocycles. The molecule has 2 atom stereocenters. The molecule has 1 rings (SSSR count). The maximum atomic E-state index is 11.5. The Bertz CT molecular complexity index is 272. The van der Waals surface area contributed by atoms with Crippen LogP contribution in [-0.4, -0.2) is 20.2 Å². The Morgan fingerprint density at radius 3 is 2.43 bits per heavy atom. The molecular weight excluding hydrogens is 198 g/mol. The molecule has 1 aliphatic rings. The van der Waals surface area contributed by atoms with Crippen LogP contribution in [0.2, 0.25) is 0 Å². The SMILES string of the molecule is CC1CCC(CNS(=O)(=O)C(C)C)C1. The Labute approximate surface area is 87.3 Å². The van der Waals surface area contributed by atoms with Crippen molar-refractivity contribution in [1.29, 1.82) is 0 Å². The van der Waals surface area contributed by atoms with Crippen LogP contribution in [0.25, 0.3) is 0 Å². The van der Waals surface area contributed by atoms with Gasteiger partial charge >= 0.3 is 0 Å². The highest BCUT2D eigenvalue weighted by Crippen LogP contribution is 2.29. The van der Waals surface area contributed by atoms with Gasteiger partial charge in [0.05, 0.1) is 5.25 Å². The van der Waals surface area contributed by atoms with Crippen LogP contribution in [0.5, 0.6) is 0 Å². The quantitative estimate of drug-likeness (QED) is 0.783. The van der Waals surface area contributed by atoms with E-state index in [2.05, 4.69) is 11.6 Å². The van der Waals surface area contributed by atoms with E-state index in [1.165, 1.54) is 19.3 Å². The Kier molecular flexibility index (Phi) is 3.95. The summed E-state index contributed by atoms with van der Waals surface area (Å²) in [7, 11) is -3.05. The van der Waals surface area contributed by atoms with Crippen LogP contribution in [0.1, 0.15) is 40.0 Å². The fraction of sp³-hybridized carbons (Fsp3) is 1.00. The van der Waals surface area contributed by atoms with Crippen LogP contribution >= 0.6 is 0 Å². The van der Waals surface area contributed by atoms with Gasteiger partial charge in [-0.25, -0.2) is 13.1 Å². The van der Waals surface area contributed by atoms with Crippen molar-refractivity contribution in [3.05, 3.63) is 0 Å². The van der Waals surface area contributed by atoms with Crippen LogP contribution in [0.4, 0.5) is 0 Å². The Hall–Kier alpha value is -0.0900. The van der Waals surface area contributed by atoms with Gasteiger partial charge in [-0.1, -0.05) is 13.3 Å². The molecule has 1 saturated carbocycles. The van der Waals surface area contributed by atoms with Crippen LogP contribution in [0.15, 0.2) is 0 Å². The zero-order chi connectivity index (χ0) is 10.8. The third-order valence-electron chi connectivity index (χ3n) is 3.00. The molecule has 0 aromatic carbocycles. The van der Waals surface area contributed by atoms with E-state index >= 15 is 0 Å². The van der Waals surface area contributed by atoms with E-state index in [1.807, 2.05) is 0 Å². The number of hydrogen-bond acceptors (Lipinski definition) is 2. The van der Waals surface area contributed by atoms with Crippen molar-refractivity contribution in [2.75, 3.05) is 6.54 Å². The van der Waals surface area contributed by atoms with Crippen molar-refractivity contribution >= 4 is 10.0 Å². The maximum Gasteiger partial charge on any atom is 0.213 e. The van der Waals surface area contributed by atoms with Crippen molar-refractivity contribution in [1.82, 2.24) is 4.72 Å². The summed E-state index contributed by atoms with van der Waals surface area (Å²) in [5.74, 6) is 1.32. The third kappa shape index (κ3) is 3.24. The average Bonchev–Trinajstić information content (AvgIpc) is 2.48. The molecule has 0 aromatic heterocycles. The summed E-state index contributed by atoms with van der Waals surface area (Å²) in [6.45, 7) is 6.28. The maximum absolute atomic E-state index is 11.5. The summed E-state index contributed by atoms with van der Waals surface area (Å²) in [6.07, 6.45) is 3.58. The second-order valence-electron chi connectivity index (χ2n) is 4.73. The molecule has 0 radical (unpaired) electrons.